The van der Waals surface area contributed by atoms with Crippen molar-refractivity contribution >= 4 is 5.91 Å². The van der Waals surface area contributed by atoms with E-state index in [0.29, 0.717) is 6.54 Å². The maximum atomic E-state index is 12.4. The van der Waals surface area contributed by atoms with E-state index in [0.717, 1.165) is 30.7 Å². The van der Waals surface area contributed by atoms with E-state index in [9.17, 15) is 4.79 Å². The average Bonchev–Trinajstić information content (AvgIpc) is 3.20. The molecule has 0 spiro atoms. The number of amides is 1. The molecule has 0 saturated heterocycles. The molecule has 1 aromatic carbocycles. The van der Waals surface area contributed by atoms with Crippen LogP contribution in [0.15, 0.2) is 24.3 Å². The first-order valence-electron chi connectivity index (χ1n) is 6.64. The van der Waals surface area contributed by atoms with E-state index in [2.05, 4.69) is 5.32 Å². The summed E-state index contributed by atoms with van der Waals surface area (Å²) in [7, 11) is 5.43. The van der Waals surface area contributed by atoms with E-state index in [-0.39, 0.29) is 11.3 Å². The molecule has 1 aliphatic rings. The summed E-state index contributed by atoms with van der Waals surface area (Å²) in [6, 6.07) is 7.85. The van der Waals surface area contributed by atoms with Gasteiger partial charge in [-0.3, -0.25) is 4.79 Å². The van der Waals surface area contributed by atoms with E-state index in [4.69, 9.17) is 4.74 Å². The van der Waals surface area contributed by atoms with Crippen molar-refractivity contribution in [2.24, 2.45) is 5.41 Å². The first-order chi connectivity index (χ1) is 9.11. The molecule has 1 amide bonds. The predicted molar refractivity (Wildman–Crippen MR) is 75.1 cm³/mol. The summed E-state index contributed by atoms with van der Waals surface area (Å²) in [6.07, 6.45) is 2.00. The largest absolute Gasteiger partial charge is 0.497 e. The molecule has 0 aromatic heterocycles. The van der Waals surface area contributed by atoms with Crippen LogP contribution >= 0.6 is 0 Å². The number of methoxy groups -OCH3 is 1. The fourth-order valence-electron chi connectivity index (χ4n) is 2.44. The van der Waals surface area contributed by atoms with Gasteiger partial charge >= 0.3 is 0 Å². The molecule has 4 nitrogen and oxygen atoms in total. The molecule has 0 atom stereocenters. The summed E-state index contributed by atoms with van der Waals surface area (Å²) < 4.78 is 5.13. The molecule has 0 radical (unpaired) electrons. The molecule has 2 rings (SSSR count). The quantitative estimate of drug-likeness (QED) is 0.847. The number of carbonyl (C=O) groups excluding carboxylic acids is 1. The fraction of sp³-hybridized carbons (Fsp3) is 0.533. The van der Waals surface area contributed by atoms with Crippen molar-refractivity contribution in [1.82, 2.24) is 10.2 Å². The van der Waals surface area contributed by atoms with Crippen LogP contribution in [0.1, 0.15) is 18.4 Å². The summed E-state index contributed by atoms with van der Waals surface area (Å²) in [4.78, 5) is 14.2. The lowest BCUT2D eigenvalue weighted by molar-refractivity contribution is -0.136. The normalized spacial score (nSPS) is 15.9. The number of nitrogens with zero attached hydrogens (tertiary/aromatic N) is 1. The number of nitrogens with one attached hydrogen (secondary N) is 1. The van der Waals surface area contributed by atoms with Crippen molar-refractivity contribution in [2.75, 3.05) is 27.7 Å². The Morgan fingerprint density at radius 3 is 2.47 bits per heavy atom. The second kappa shape index (κ2) is 5.61. The van der Waals surface area contributed by atoms with Gasteiger partial charge in [0.05, 0.1) is 12.5 Å². The van der Waals surface area contributed by atoms with E-state index >= 15 is 0 Å². The van der Waals surface area contributed by atoms with Crippen molar-refractivity contribution in [3.63, 3.8) is 0 Å². The number of carbonyl (C=O) groups is 1. The van der Waals surface area contributed by atoms with Crippen LogP contribution in [0.3, 0.4) is 0 Å². The molecule has 1 aliphatic carbocycles. The highest BCUT2D eigenvalue weighted by atomic mass is 16.5. The third-order valence-electron chi connectivity index (χ3n) is 3.75. The Bertz CT molecular complexity index is 438. The summed E-state index contributed by atoms with van der Waals surface area (Å²) in [5.41, 5.74) is 0.979. The summed E-state index contributed by atoms with van der Waals surface area (Å²) in [6.45, 7) is 1.42. The lowest BCUT2D eigenvalue weighted by atomic mass is 10.1. The molecule has 0 bridgehead atoms. The number of hydrogen-bond donors (Lipinski definition) is 1. The molecule has 1 aromatic rings. The minimum absolute atomic E-state index is 0.143. The molecule has 1 fully saturated rings. The lowest BCUT2D eigenvalue weighted by Gasteiger charge is -2.23. The number of ether oxygens (including phenoxy) is 1. The molecule has 0 heterocycles. The third kappa shape index (κ3) is 3.07. The monoisotopic (exact) mass is 262 g/mol. The van der Waals surface area contributed by atoms with Crippen LogP contribution in [0, 0.1) is 5.41 Å². The van der Waals surface area contributed by atoms with Gasteiger partial charge in [-0.1, -0.05) is 12.1 Å². The Balaban J connectivity index is 1.96. The van der Waals surface area contributed by atoms with Gasteiger partial charge in [0.1, 0.15) is 5.75 Å². The number of benzene rings is 1. The Labute approximate surface area is 114 Å². The number of rotatable bonds is 6. The summed E-state index contributed by atoms with van der Waals surface area (Å²) >= 11 is 0. The molecule has 1 N–H and O–H groups in total. The second-order valence-corrected chi connectivity index (χ2v) is 5.32. The third-order valence-corrected chi connectivity index (χ3v) is 3.75. The smallest absolute Gasteiger partial charge is 0.230 e. The molecule has 0 aliphatic heterocycles. The van der Waals surface area contributed by atoms with Crippen molar-refractivity contribution in [1.29, 1.82) is 0 Å². The van der Waals surface area contributed by atoms with Crippen LogP contribution in [0.5, 0.6) is 5.75 Å². The standard InChI is InChI=1S/C15H22N2O2/c1-16-11-15(8-9-15)14(18)17(2)10-12-4-6-13(19-3)7-5-12/h4-7,16H,8-11H2,1-3H3. The molecule has 0 unspecified atom stereocenters. The maximum absolute atomic E-state index is 12.4. The summed E-state index contributed by atoms with van der Waals surface area (Å²) in [5, 5.41) is 3.12. The predicted octanol–water partition coefficient (Wildman–Crippen LogP) is 1.65. The van der Waals surface area contributed by atoms with Gasteiger partial charge < -0.3 is 15.0 Å². The Morgan fingerprint density at radius 1 is 1.37 bits per heavy atom. The first-order valence-corrected chi connectivity index (χ1v) is 6.64. The molecule has 4 heteroatoms. The maximum Gasteiger partial charge on any atom is 0.230 e. The zero-order valence-corrected chi connectivity index (χ0v) is 11.9. The summed E-state index contributed by atoms with van der Waals surface area (Å²) in [5.74, 6) is 1.09. The Kier molecular flexibility index (Phi) is 4.10. The Hall–Kier alpha value is -1.55. The topological polar surface area (TPSA) is 41.6 Å². The van der Waals surface area contributed by atoms with Gasteiger partial charge in [0.15, 0.2) is 0 Å². The zero-order valence-electron chi connectivity index (χ0n) is 11.9. The van der Waals surface area contributed by atoms with Gasteiger partial charge in [0.2, 0.25) is 5.91 Å². The molecule has 104 valence electrons. The van der Waals surface area contributed by atoms with Crippen LogP contribution in [-0.4, -0.2) is 38.6 Å². The number of hydrogen-bond acceptors (Lipinski definition) is 3. The van der Waals surface area contributed by atoms with Crippen LogP contribution in [0.25, 0.3) is 0 Å². The molecular formula is C15H22N2O2. The van der Waals surface area contributed by atoms with E-state index in [1.807, 2.05) is 43.3 Å². The molecule has 1 saturated carbocycles. The highest BCUT2D eigenvalue weighted by Crippen LogP contribution is 2.46. The van der Waals surface area contributed by atoms with Crippen LogP contribution in [-0.2, 0) is 11.3 Å². The highest BCUT2D eigenvalue weighted by Gasteiger charge is 2.50. The zero-order chi connectivity index (χ0) is 13.9. The van der Waals surface area contributed by atoms with E-state index < -0.39 is 0 Å². The van der Waals surface area contributed by atoms with Gasteiger partial charge in [0, 0.05) is 20.1 Å². The molecule has 19 heavy (non-hydrogen) atoms. The second-order valence-electron chi connectivity index (χ2n) is 5.32. The molecular weight excluding hydrogens is 240 g/mol. The van der Waals surface area contributed by atoms with Crippen LogP contribution < -0.4 is 10.1 Å². The first kappa shape index (κ1) is 13.9. The van der Waals surface area contributed by atoms with Crippen molar-refractivity contribution in [2.45, 2.75) is 19.4 Å². The van der Waals surface area contributed by atoms with Crippen molar-refractivity contribution < 1.29 is 9.53 Å². The van der Waals surface area contributed by atoms with Gasteiger partial charge in [0.25, 0.3) is 0 Å². The fourth-order valence-corrected chi connectivity index (χ4v) is 2.44. The van der Waals surface area contributed by atoms with Gasteiger partial charge in [-0.15, -0.1) is 0 Å². The lowest BCUT2D eigenvalue weighted by Crippen LogP contribution is -2.38. The van der Waals surface area contributed by atoms with Crippen molar-refractivity contribution in [3.05, 3.63) is 29.8 Å². The highest BCUT2D eigenvalue weighted by molar-refractivity contribution is 5.85. The van der Waals surface area contributed by atoms with Gasteiger partial charge in [-0.25, -0.2) is 0 Å². The van der Waals surface area contributed by atoms with Crippen LogP contribution in [0.4, 0.5) is 0 Å². The van der Waals surface area contributed by atoms with E-state index in [1.165, 1.54) is 0 Å². The SMILES string of the molecule is CNCC1(C(=O)N(C)Cc2ccc(OC)cc2)CC1. The van der Waals surface area contributed by atoms with Crippen LogP contribution in [0.2, 0.25) is 0 Å². The van der Waals surface area contributed by atoms with Gasteiger partial charge in [-0.2, -0.15) is 0 Å². The van der Waals surface area contributed by atoms with E-state index in [1.54, 1.807) is 7.11 Å². The van der Waals surface area contributed by atoms with Gasteiger partial charge in [-0.05, 0) is 37.6 Å². The minimum Gasteiger partial charge on any atom is -0.497 e. The average molecular weight is 262 g/mol. The Morgan fingerprint density at radius 2 is 2.00 bits per heavy atom. The van der Waals surface area contributed by atoms with Crippen molar-refractivity contribution in [3.8, 4) is 5.75 Å². The minimum atomic E-state index is -0.143.